The van der Waals surface area contributed by atoms with Crippen molar-refractivity contribution in [1.29, 1.82) is 0 Å². The topological polar surface area (TPSA) is 41.1 Å². The smallest absolute Gasteiger partial charge is 0.221 e. The summed E-state index contributed by atoms with van der Waals surface area (Å²) in [6.45, 7) is 7.02. The van der Waals surface area contributed by atoms with E-state index in [1.165, 1.54) is 17.5 Å². The molecule has 2 N–H and O–H groups in total. The summed E-state index contributed by atoms with van der Waals surface area (Å²) in [5.41, 5.74) is 2.87. The summed E-state index contributed by atoms with van der Waals surface area (Å²) in [6.07, 6.45) is 2.92. The molecule has 1 aliphatic rings. The summed E-state index contributed by atoms with van der Waals surface area (Å²) in [5, 5.41) is 6.47. The van der Waals surface area contributed by atoms with E-state index in [2.05, 4.69) is 41.8 Å². The molecule has 0 aromatic heterocycles. The van der Waals surface area contributed by atoms with E-state index < -0.39 is 0 Å². The van der Waals surface area contributed by atoms with E-state index in [0.717, 1.165) is 13.0 Å². The largest absolute Gasteiger partial charge is 0.354 e. The molecule has 1 aromatic carbocycles. The maximum Gasteiger partial charge on any atom is 0.221 e. The third-order valence-corrected chi connectivity index (χ3v) is 3.98. The van der Waals surface area contributed by atoms with Crippen LogP contribution in [0.2, 0.25) is 0 Å². The Morgan fingerprint density at radius 1 is 1.25 bits per heavy atom. The van der Waals surface area contributed by atoms with Gasteiger partial charge in [0.15, 0.2) is 0 Å². The lowest BCUT2D eigenvalue weighted by molar-refractivity contribution is -0.121. The van der Waals surface area contributed by atoms with Crippen LogP contribution in [0.3, 0.4) is 0 Å². The van der Waals surface area contributed by atoms with Gasteiger partial charge in [-0.1, -0.05) is 31.2 Å². The number of amides is 1. The normalized spacial score (nSPS) is 21.6. The van der Waals surface area contributed by atoms with Crippen LogP contribution in [0.1, 0.15) is 63.1 Å². The number of fused-ring (bicyclic) bond motifs is 1. The van der Waals surface area contributed by atoms with Crippen LogP contribution in [-0.4, -0.2) is 18.5 Å². The molecule has 1 amide bonds. The average molecular weight is 274 g/mol. The number of rotatable bonds is 5. The lowest BCUT2D eigenvalue weighted by Crippen LogP contribution is -2.34. The minimum absolute atomic E-state index is 0.130. The van der Waals surface area contributed by atoms with Gasteiger partial charge in [0.2, 0.25) is 5.91 Å². The van der Waals surface area contributed by atoms with Crippen molar-refractivity contribution in [3.05, 3.63) is 35.4 Å². The highest BCUT2D eigenvalue weighted by Crippen LogP contribution is 2.36. The van der Waals surface area contributed by atoms with Gasteiger partial charge in [-0.25, -0.2) is 0 Å². The van der Waals surface area contributed by atoms with E-state index >= 15 is 0 Å². The molecule has 0 aliphatic heterocycles. The van der Waals surface area contributed by atoms with Crippen LogP contribution < -0.4 is 10.6 Å². The van der Waals surface area contributed by atoms with Gasteiger partial charge in [-0.3, -0.25) is 4.79 Å². The standard InChI is InChI=1S/C17H26N2O/c1-12(2)19-17(20)10-11-18-16-9-8-13(3)14-6-4-5-7-15(14)16/h4-7,12-13,16,18H,8-11H2,1-3H3,(H,19,20). The Bertz CT molecular complexity index is 456. The first-order valence-corrected chi connectivity index (χ1v) is 7.69. The van der Waals surface area contributed by atoms with Crippen molar-refractivity contribution in [3.8, 4) is 0 Å². The second-order valence-electron chi connectivity index (χ2n) is 6.09. The molecule has 0 radical (unpaired) electrons. The highest BCUT2D eigenvalue weighted by Gasteiger charge is 2.23. The molecular formula is C17H26N2O. The van der Waals surface area contributed by atoms with Gasteiger partial charge in [0.1, 0.15) is 0 Å². The van der Waals surface area contributed by atoms with Gasteiger partial charge >= 0.3 is 0 Å². The Balaban J connectivity index is 1.88. The average Bonchev–Trinajstić information content (AvgIpc) is 2.41. The predicted molar refractivity (Wildman–Crippen MR) is 82.7 cm³/mol. The summed E-state index contributed by atoms with van der Waals surface area (Å²) in [7, 11) is 0. The fraction of sp³-hybridized carbons (Fsp3) is 0.588. The number of benzene rings is 1. The van der Waals surface area contributed by atoms with E-state index in [1.807, 2.05) is 13.8 Å². The highest BCUT2D eigenvalue weighted by atomic mass is 16.1. The van der Waals surface area contributed by atoms with Crippen molar-refractivity contribution < 1.29 is 4.79 Å². The predicted octanol–water partition coefficient (Wildman–Crippen LogP) is 3.13. The molecular weight excluding hydrogens is 248 g/mol. The van der Waals surface area contributed by atoms with Crippen LogP contribution in [0.25, 0.3) is 0 Å². The molecule has 0 saturated carbocycles. The first-order chi connectivity index (χ1) is 9.58. The number of nitrogens with one attached hydrogen (secondary N) is 2. The zero-order valence-corrected chi connectivity index (χ0v) is 12.8. The summed E-state index contributed by atoms with van der Waals surface area (Å²) >= 11 is 0. The Hall–Kier alpha value is -1.35. The molecule has 2 unspecified atom stereocenters. The van der Waals surface area contributed by atoms with Gasteiger partial charge in [0, 0.05) is 25.0 Å². The van der Waals surface area contributed by atoms with Crippen LogP contribution in [0.15, 0.2) is 24.3 Å². The molecule has 2 rings (SSSR count). The molecule has 2 atom stereocenters. The SMILES string of the molecule is CC(C)NC(=O)CCNC1CCC(C)c2ccccc21. The van der Waals surface area contributed by atoms with E-state index in [1.54, 1.807) is 0 Å². The molecule has 0 heterocycles. The maximum atomic E-state index is 11.6. The Labute approximate surface area is 122 Å². The first-order valence-electron chi connectivity index (χ1n) is 7.69. The van der Waals surface area contributed by atoms with Crippen LogP contribution in [0.4, 0.5) is 0 Å². The van der Waals surface area contributed by atoms with Gasteiger partial charge in [-0.15, -0.1) is 0 Å². The number of hydrogen-bond acceptors (Lipinski definition) is 2. The van der Waals surface area contributed by atoms with Crippen LogP contribution in [-0.2, 0) is 4.79 Å². The second kappa shape index (κ2) is 6.89. The van der Waals surface area contributed by atoms with Crippen molar-refractivity contribution in [2.24, 2.45) is 0 Å². The van der Waals surface area contributed by atoms with Crippen LogP contribution in [0.5, 0.6) is 0 Å². The summed E-state index contributed by atoms with van der Waals surface area (Å²) in [4.78, 5) is 11.6. The van der Waals surface area contributed by atoms with Gasteiger partial charge < -0.3 is 10.6 Å². The van der Waals surface area contributed by atoms with Gasteiger partial charge in [0.25, 0.3) is 0 Å². The zero-order valence-electron chi connectivity index (χ0n) is 12.8. The van der Waals surface area contributed by atoms with Crippen molar-refractivity contribution in [2.45, 2.75) is 58.0 Å². The lowest BCUT2D eigenvalue weighted by atomic mass is 9.81. The van der Waals surface area contributed by atoms with Gasteiger partial charge in [-0.05, 0) is 43.7 Å². The van der Waals surface area contributed by atoms with Crippen molar-refractivity contribution >= 4 is 5.91 Å². The Morgan fingerprint density at radius 2 is 1.95 bits per heavy atom. The number of carbonyl (C=O) groups excluding carboxylic acids is 1. The molecule has 20 heavy (non-hydrogen) atoms. The Morgan fingerprint density at radius 3 is 2.65 bits per heavy atom. The molecule has 110 valence electrons. The monoisotopic (exact) mass is 274 g/mol. The van der Waals surface area contributed by atoms with Crippen LogP contribution in [0, 0.1) is 0 Å². The van der Waals surface area contributed by atoms with Crippen LogP contribution >= 0.6 is 0 Å². The fourth-order valence-electron chi connectivity index (χ4n) is 2.97. The van der Waals surface area contributed by atoms with E-state index in [9.17, 15) is 4.79 Å². The molecule has 0 bridgehead atoms. The second-order valence-corrected chi connectivity index (χ2v) is 6.09. The van der Waals surface area contributed by atoms with Crippen molar-refractivity contribution in [1.82, 2.24) is 10.6 Å². The van der Waals surface area contributed by atoms with Crippen molar-refractivity contribution in [2.75, 3.05) is 6.54 Å². The minimum Gasteiger partial charge on any atom is -0.354 e. The third kappa shape index (κ3) is 3.83. The Kier molecular flexibility index (Phi) is 5.18. The fourth-order valence-corrected chi connectivity index (χ4v) is 2.97. The van der Waals surface area contributed by atoms with E-state index in [-0.39, 0.29) is 11.9 Å². The third-order valence-electron chi connectivity index (χ3n) is 3.98. The van der Waals surface area contributed by atoms with Crippen molar-refractivity contribution in [3.63, 3.8) is 0 Å². The molecule has 0 fully saturated rings. The summed E-state index contributed by atoms with van der Waals surface area (Å²) in [5.74, 6) is 0.776. The van der Waals surface area contributed by atoms with E-state index in [0.29, 0.717) is 18.4 Å². The van der Waals surface area contributed by atoms with Gasteiger partial charge in [-0.2, -0.15) is 0 Å². The lowest BCUT2D eigenvalue weighted by Gasteiger charge is -2.30. The first kappa shape index (κ1) is 15.0. The molecule has 0 saturated heterocycles. The zero-order chi connectivity index (χ0) is 14.5. The molecule has 3 heteroatoms. The summed E-state index contributed by atoms with van der Waals surface area (Å²) in [6, 6.07) is 9.30. The number of carbonyl (C=O) groups is 1. The molecule has 3 nitrogen and oxygen atoms in total. The quantitative estimate of drug-likeness (QED) is 0.866. The maximum absolute atomic E-state index is 11.6. The minimum atomic E-state index is 0.130. The molecule has 0 spiro atoms. The van der Waals surface area contributed by atoms with E-state index in [4.69, 9.17) is 0 Å². The summed E-state index contributed by atoms with van der Waals surface area (Å²) < 4.78 is 0. The molecule has 1 aromatic rings. The molecule has 1 aliphatic carbocycles. The van der Waals surface area contributed by atoms with Gasteiger partial charge in [0.05, 0.1) is 0 Å². The number of hydrogen-bond donors (Lipinski definition) is 2. The highest BCUT2D eigenvalue weighted by molar-refractivity contribution is 5.76.